The number of nitrogens with zero attached hydrogens (tertiary/aromatic N) is 1. The molecule has 0 radical (unpaired) electrons. The van der Waals surface area contributed by atoms with Crippen LogP contribution in [0.4, 0.5) is 13.2 Å². The van der Waals surface area contributed by atoms with Gasteiger partial charge in [0.15, 0.2) is 11.9 Å². The fourth-order valence-electron chi connectivity index (χ4n) is 3.91. The first-order valence-corrected chi connectivity index (χ1v) is 14.3. The van der Waals surface area contributed by atoms with Gasteiger partial charge >= 0.3 is 25.6 Å². The molecule has 2 heterocycles. The van der Waals surface area contributed by atoms with Gasteiger partial charge in [-0.3, -0.25) is 28.5 Å². The van der Waals surface area contributed by atoms with Gasteiger partial charge in [0, 0.05) is 18.5 Å². The van der Waals surface area contributed by atoms with Crippen molar-refractivity contribution in [2.75, 3.05) is 6.61 Å². The van der Waals surface area contributed by atoms with E-state index in [1.807, 2.05) is 0 Å². The number of benzene rings is 1. The SMILES string of the molecule is CC(C)C(=O)[C@H](C)OC(=O)[C@H](C)N[P@](=O)(OCC1OC(n2cc(C(F)(F)F)c(=O)[nH]c2=O)C[C@@H]1O)Oc1ccccc1. The van der Waals surface area contributed by atoms with Gasteiger partial charge in [-0.2, -0.15) is 18.3 Å². The number of para-hydroxylation sites is 1. The number of carbonyl (C=O) groups is 2. The second-order valence-corrected chi connectivity index (χ2v) is 11.5. The van der Waals surface area contributed by atoms with Gasteiger partial charge in [0.25, 0.3) is 5.56 Å². The van der Waals surface area contributed by atoms with Crippen LogP contribution in [0.5, 0.6) is 5.75 Å². The average Bonchev–Trinajstić information content (AvgIpc) is 3.26. The second kappa shape index (κ2) is 13.3. The van der Waals surface area contributed by atoms with Crippen molar-refractivity contribution in [2.24, 2.45) is 5.92 Å². The third kappa shape index (κ3) is 8.38. The summed E-state index contributed by atoms with van der Waals surface area (Å²) in [5, 5.41) is 12.9. The Labute approximate surface area is 237 Å². The van der Waals surface area contributed by atoms with E-state index in [0.29, 0.717) is 4.57 Å². The first-order chi connectivity index (χ1) is 19.5. The Morgan fingerprint density at radius 3 is 2.43 bits per heavy atom. The zero-order valence-corrected chi connectivity index (χ0v) is 23.9. The number of ketones is 1. The normalized spacial score (nSPS) is 21.9. The first kappa shape index (κ1) is 33.2. The minimum atomic E-state index is -5.06. The number of carbonyl (C=O) groups excluding carboxylic acids is 2. The van der Waals surface area contributed by atoms with Crippen LogP contribution in [-0.4, -0.2) is 57.4 Å². The van der Waals surface area contributed by atoms with Crippen LogP contribution in [0, 0.1) is 5.92 Å². The molecule has 1 aliphatic rings. The number of hydrogen-bond donors (Lipinski definition) is 3. The summed E-state index contributed by atoms with van der Waals surface area (Å²) in [6, 6.07) is 6.38. The summed E-state index contributed by atoms with van der Waals surface area (Å²) < 4.78 is 75.4. The Hall–Kier alpha value is -3.30. The minimum Gasteiger partial charge on any atom is -0.453 e. The van der Waals surface area contributed by atoms with Gasteiger partial charge < -0.3 is 19.1 Å². The Kier molecular flexibility index (Phi) is 10.5. The smallest absolute Gasteiger partial charge is 0.453 e. The van der Waals surface area contributed by atoms with E-state index < -0.39 is 79.8 Å². The number of aliphatic hydroxyl groups is 1. The number of H-pyrrole nitrogens is 1. The first-order valence-electron chi connectivity index (χ1n) is 12.8. The molecule has 42 heavy (non-hydrogen) atoms. The molecule has 6 atom stereocenters. The Morgan fingerprint density at radius 2 is 1.83 bits per heavy atom. The van der Waals surface area contributed by atoms with E-state index in [1.54, 1.807) is 37.0 Å². The molecule has 0 spiro atoms. The molecule has 13 nitrogen and oxygen atoms in total. The highest BCUT2D eigenvalue weighted by atomic mass is 31.2. The largest absolute Gasteiger partial charge is 0.459 e. The molecule has 0 bridgehead atoms. The van der Waals surface area contributed by atoms with Crippen molar-refractivity contribution in [1.29, 1.82) is 0 Å². The van der Waals surface area contributed by atoms with E-state index in [2.05, 4.69) is 5.09 Å². The van der Waals surface area contributed by atoms with E-state index in [-0.39, 0.29) is 24.2 Å². The van der Waals surface area contributed by atoms with Crippen LogP contribution in [-0.2, 0) is 34.3 Å². The molecule has 1 aliphatic heterocycles. The molecule has 0 saturated carbocycles. The van der Waals surface area contributed by atoms with Gasteiger partial charge in [0.1, 0.15) is 29.7 Å². The lowest BCUT2D eigenvalue weighted by atomic mass is 10.1. The molecular weight excluding hydrogens is 590 g/mol. The van der Waals surface area contributed by atoms with Gasteiger partial charge in [-0.25, -0.2) is 9.36 Å². The van der Waals surface area contributed by atoms with Crippen molar-refractivity contribution >= 4 is 19.5 Å². The topological polar surface area (TPSA) is 175 Å². The number of hydrogen-bond acceptors (Lipinski definition) is 10. The summed E-state index contributed by atoms with van der Waals surface area (Å²) in [5.41, 5.74) is -4.48. The predicted molar refractivity (Wildman–Crippen MR) is 139 cm³/mol. The average molecular weight is 622 g/mol. The molecule has 2 aromatic rings. The van der Waals surface area contributed by atoms with E-state index in [0.717, 1.165) is 0 Å². The monoisotopic (exact) mass is 621 g/mol. The van der Waals surface area contributed by atoms with Crippen molar-refractivity contribution in [1.82, 2.24) is 14.6 Å². The van der Waals surface area contributed by atoms with Gasteiger partial charge in [-0.05, 0) is 26.0 Å². The molecule has 0 amide bonds. The second-order valence-electron chi connectivity index (χ2n) is 9.82. The van der Waals surface area contributed by atoms with Crippen molar-refractivity contribution in [3.8, 4) is 5.75 Å². The number of aliphatic hydroxyl groups excluding tert-OH is 1. The van der Waals surface area contributed by atoms with E-state index in [9.17, 15) is 42.0 Å². The van der Waals surface area contributed by atoms with E-state index in [4.69, 9.17) is 18.5 Å². The van der Waals surface area contributed by atoms with Crippen LogP contribution in [0.1, 0.15) is 45.9 Å². The molecule has 3 N–H and O–H groups in total. The lowest BCUT2D eigenvalue weighted by molar-refractivity contribution is -0.156. The molecular formula is C25H31F3N3O10P. The van der Waals surface area contributed by atoms with Crippen molar-refractivity contribution in [3.05, 3.63) is 62.9 Å². The Morgan fingerprint density at radius 1 is 1.19 bits per heavy atom. The summed E-state index contributed by atoms with van der Waals surface area (Å²) in [6.45, 7) is 5.29. The van der Waals surface area contributed by atoms with E-state index in [1.165, 1.54) is 26.0 Å². The lowest BCUT2D eigenvalue weighted by Crippen LogP contribution is -2.39. The number of aromatic amines is 1. The molecule has 1 saturated heterocycles. The number of esters is 1. The number of alkyl halides is 3. The zero-order valence-electron chi connectivity index (χ0n) is 23.0. The van der Waals surface area contributed by atoms with Crippen LogP contribution in [0.3, 0.4) is 0 Å². The highest BCUT2D eigenvalue weighted by Crippen LogP contribution is 2.46. The third-order valence-electron chi connectivity index (χ3n) is 6.13. The fraction of sp³-hybridized carbons (Fsp3) is 0.520. The van der Waals surface area contributed by atoms with Crippen LogP contribution in [0.2, 0.25) is 0 Å². The highest BCUT2D eigenvalue weighted by Gasteiger charge is 2.41. The van der Waals surface area contributed by atoms with Crippen molar-refractivity contribution in [3.63, 3.8) is 0 Å². The molecule has 232 valence electrons. The van der Waals surface area contributed by atoms with Crippen LogP contribution in [0.25, 0.3) is 0 Å². The summed E-state index contributed by atoms with van der Waals surface area (Å²) in [7, 11) is -4.45. The molecule has 1 fully saturated rings. The molecule has 17 heteroatoms. The van der Waals surface area contributed by atoms with Gasteiger partial charge in [0.05, 0.1) is 12.7 Å². The van der Waals surface area contributed by atoms with E-state index >= 15 is 0 Å². The highest BCUT2D eigenvalue weighted by molar-refractivity contribution is 7.52. The van der Waals surface area contributed by atoms with Crippen molar-refractivity contribution < 1.29 is 51.0 Å². The summed E-state index contributed by atoms with van der Waals surface area (Å²) in [5.74, 6) is -1.60. The van der Waals surface area contributed by atoms with Gasteiger partial charge in [0.2, 0.25) is 0 Å². The zero-order chi connectivity index (χ0) is 31.4. The molecule has 3 rings (SSSR count). The lowest BCUT2D eigenvalue weighted by Gasteiger charge is -2.25. The van der Waals surface area contributed by atoms with Crippen LogP contribution >= 0.6 is 7.75 Å². The summed E-state index contributed by atoms with van der Waals surface area (Å²) in [6.07, 6.45) is -10.4. The van der Waals surface area contributed by atoms with Gasteiger partial charge in [-0.15, -0.1) is 0 Å². The van der Waals surface area contributed by atoms with Crippen LogP contribution < -0.4 is 20.9 Å². The molecule has 1 aromatic heterocycles. The number of halogens is 3. The number of rotatable bonds is 12. The molecule has 0 aliphatic carbocycles. The maximum atomic E-state index is 13.7. The standard InChI is InChI=1S/C25H31F3N3O10P/c1-13(2)21(33)15(4)39-23(35)14(3)30-42(37,41-16-8-6-5-7-9-16)38-12-19-18(32)10-20(40-19)31-11-17(25(26,27)28)22(34)29-24(31)36/h5-9,11,13-15,18-20,32H,10,12H2,1-4H3,(H,30,37)(H,29,34,36)/t14-,15-,18-,19?,20?,42-/m0/s1. The third-order valence-corrected chi connectivity index (χ3v) is 7.78. The number of nitrogens with one attached hydrogen (secondary N) is 2. The van der Waals surface area contributed by atoms with Crippen LogP contribution in [0.15, 0.2) is 46.1 Å². The Bertz CT molecular complexity index is 1430. The molecule has 1 aromatic carbocycles. The number of ether oxygens (including phenoxy) is 2. The van der Waals surface area contributed by atoms with Crippen molar-refractivity contribution in [2.45, 2.75) is 70.9 Å². The minimum absolute atomic E-state index is 0.0718. The predicted octanol–water partition coefficient (Wildman–Crippen LogP) is 2.54. The number of Topliss-reactive ketones (excluding diaryl/α,β-unsaturated/α-hetero) is 1. The maximum Gasteiger partial charge on any atom is 0.459 e. The summed E-state index contributed by atoms with van der Waals surface area (Å²) in [4.78, 5) is 50.1. The molecule has 2 unspecified atom stereocenters. The Balaban J connectivity index is 1.76. The maximum absolute atomic E-state index is 13.7. The van der Waals surface area contributed by atoms with Gasteiger partial charge in [-0.1, -0.05) is 32.0 Å². The fourth-order valence-corrected chi connectivity index (χ4v) is 5.41. The number of aromatic nitrogens is 2. The quantitative estimate of drug-likeness (QED) is 0.235. The summed E-state index contributed by atoms with van der Waals surface area (Å²) >= 11 is 0.